The smallest absolute Gasteiger partial charge is 0.288 e. The van der Waals surface area contributed by atoms with E-state index in [1.54, 1.807) is 6.92 Å². The van der Waals surface area contributed by atoms with Crippen molar-refractivity contribution >= 4 is 21.6 Å². The van der Waals surface area contributed by atoms with E-state index in [4.69, 9.17) is 0 Å². The number of alkyl halides is 1. The summed E-state index contributed by atoms with van der Waals surface area (Å²) < 4.78 is 1.51. The van der Waals surface area contributed by atoms with Crippen LogP contribution in [0.2, 0.25) is 0 Å². The molecule has 0 atom stereocenters. The van der Waals surface area contributed by atoms with Crippen LogP contribution < -0.4 is 5.56 Å². The molecule has 0 bridgehead atoms. The molecule has 0 radical (unpaired) electrons. The molecule has 0 N–H and O–H groups in total. The van der Waals surface area contributed by atoms with E-state index in [9.17, 15) is 14.9 Å². The van der Waals surface area contributed by atoms with Gasteiger partial charge in [0.25, 0.3) is 11.2 Å². The van der Waals surface area contributed by atoms with Gasteiger partial charge in [0.2, 0.25) is 0 Å². The minimum absolute atomic E-state index is 0.0186. The Morgan fingerprint density at radius 1 is 1.40 bits per heavy atom. The fraction of sp³-hybridized carbons (Fsp3) is 0.643. The molecule has 0 amide bonds. The van der Waals surface area contributed by atoms with Crippen LogP contribution in [0.3, 0.4) is 0 Å². The Bertz CT molecular complexity index is 562. The lowest BCUT2D eigenvalue weighted by Crippen LogP contribution is -2.35. The summed E-state index contributed by atoms with van der Waals surface area (Å²) in [5.74, 6) is 0. The van der Waals surface area contributed by atoms with Gasteiger partial charge in [0.15, 0.2) is 0 Å². The average molecular weight is 343 g/mol. The number of aromatic nitrogens is 1. The van der Waals surface area contributed by atoms with Crippen LogP contribution in [-0.4, -0.2) is 14.8 Å². The first-order chi connectivity index (χ1) is 9.47. The number of hydrogen-bond acceptors (Lipinski definition) is 3. The van der Waals surface area contributed by atoms with Crippen molar-refractivity contribution in [2.45, 2.75) is 45.6 Å². The second-order valence-corrected chi connectivity index (χ2v) is 6.32. The van der Waals surface area contributed by atoms with Crippen LogP contribution in [0.5, 0.6) is 0 Å². The number of aryl methyl sites for hydroxylation is 1. The van der Waals surface area contributed by atoms with Gasteiger partial charge >= 0.3 is 0 Å². The van der Waals surface area contributed by atoms with E-state index in [2.05, 4.69) is 15.9 Å². The predicted octanol–water partition coefficient (Wildman–Crippen LogP) is 3.41. The van der Waals surface area contributed by atoms with Gasteiger partial charge in [0, 0.05) is 23.5 Å². The summed E-state index contributed by atoms with van der Waals surface area (Å²) >= 11 is 3.56. The van der Waals surface area contributed by atoms with Gasteiger partial charge in [-0.2, -0.15) is 0 Å². The van der Waals surface area contributed by atoms with E-state index in [1.165, 1.54) is 23.3 Å². The van der Waals surface area contributed by atoms with E-state index in [1.807, 2.05) is 0 Å². The van der Waals surface area contributed by atoms with Crippen LogP contribution in [0, 0.1) is 22.5 Å². The summed E-state index contributed by atoms with van der Waals surface area (Å²) in [6, 6.07) is 1.36. The fourth-order valence-corrected chi connectivity index (χ4v) is 3.70. The maximum atomic E-state index is 12.1. The monoisotopic (exact) mass is 342 g/mol. The van der Waals surface area contributed by atoms with Gasteiger partial charge in [-0.25, -0.2) is 0 Å². The standard InChI is InChI=1S/C14H19BrN2O3/c1-11-7-13(18)16(8-12(11)17(19)20)10-14(9-15)5-3-2-4-6-14/h7-8H,2-6,9-10H2,1H3. The molecule has 2 rings (SSSR count). The molecule has 5 nitrogen and oxygen atoms in total. The maximum absolute atomic E-state index is 12.1. The van der Waals surface area contributed by atoms with E-state index in [0.29, 0.717) is 12.1 Å². The third kappa shape index (κ3) is 3.11. The van der Waals surface area contributed by atoms with Gasteiger partial charge in [-0.05, 0) is 25.2 Å². The molecule has 0 aromatic carbocycles. The van der Waals surface area contributed by atoms with Gasteiger partial charge in [-0.15, -0.1) is 0 Å². The molecule has 0 unspecified atom stereocenters. The molecule has 0 spiro atoms. The third-order valence-electron chi connectivity index (χ3n) is 4.21. The Morgan fingerprint density at radius 2 is 2.05 bits per heavy atom. The highest BCUT2D eigenvalue weighted by Crippen LogP contribution is 2.39. The van der Waals surface area contributed by atoms with E-state index in [0.717, 1.165) is 31.0 Å². The first-order valence-electron chi connectivity index (χ1n) is 6.89. The Morgan fingerprint density at radius 3 is 2.60 bits per heavy atom. The molecular formula is C14H19BrN2O3. The number of pyridine rings is 1. The zero-order chi connectivity index (χ0) is 14.8. The van der Waals surface area contributed by atoms with Crippen LogP contribution in [0.1, 0.15) is 37.7 Å². The molecule has 6 heteroatoms. The maximum Gasteiger partial charge on any atom is 0.288 e. The molecule has 1 aliphatic rings. The van der Waals surface area contributed by atoms with E-state index < -0.39 is 4.92 Å². The molecular weight excluding hydrogens is 324 g/mol. The van der Waals surface area contributed by atoms with Crippen molar-refractivity contribution in [1.82, 2.24) is 4.57 Å². The van der Waals surface area contributed by atoms with Crippen molar-refractivity contribution in [3.8, 4) is 0 Å². The van der Waals surface area contributed by atoms with Crippen LogP contribution >= 0.6 is 15.9 Å². The number of nitro groups is 1. The number of rotatable bonds is 4. The predicted molar refractivity (Wildman–Crippen MR) is 81.4 cm³/mol. The highest BCUT2D eigenvalue weighted by molar-refractivity contribution is 9.09. The highest BCUT2D eigenvalue weighted by atomic mass is 79.9. The third-order valence-corrected chi connectivity index (χ3v) is 5.39. The van der Waals surface area contributed by atoms with Crippen LogP contribution in [0.4, 0.5) is 5.69 Å². The van der Waals surface area contributed by atoms with Crippen molar-refractivity contribution < 1.29 is 4.92 Å². The van der Waals surface area contributed by atoms with Crippen molar-refractivity contribution in [3.63, 3.8) is 0 Å². The molecule has 1 fully saturated rings. The van der Waals surface area contributed by atoms with Crippen molar-refractivity contribution in [1.29, 1.82) is 0 Å². The molecule has 1 aromatic heterocycles. The summed E-state index contributed by atoms with van der Waals surface area (Å²) in [5.41, 5.74) is 0.336. The van der Waals surface area contributed by atoms with Gasteiger partial charge in [0.1, 0.15) is 0 Å². The number of hydrogen-bond donors (Lipinski definition) is 0. The van der Waals surface area contributed by atoms with Crippen LogP contribution in [0.25, 0.3) is 0 Å². The van der Waals surface area contributed by atoms with Crippen molar-refractivity contribution in [2.24, 2.45) is 5.41 Å². The molecule has 110 valence electrons. The summed E-state index contributed by atoms with van der Waals surface area (Å²) in [6.45, 7) is 2.16. The molecule has 1 saturated carbocycles. The van der Waals surface area contributed by atoms with Gasteiger partial charge in [0.05, 0.1) is 11.1 Å². The number of nitrogens with zero attached hydrogens (tertiary/aromatic N) is 2. The van der Waals surface area contributed by atoms with E-state index in [-0.39, 0.29) is 16.7 Å². The molecule has 0 aliphatic heterocycles. The van der Waals surface area contributed by atoms with Crippen LogP contribution in [-0.2, 0) is 6.54 Å². The van der Waals surface area contributed by atoms with Gasteiger partial charge < -0.3 is 4.57 Å². The zero-order valence-electron chi connectivity index (χ0n) is 11.6. The molecule has 1 aromatic rings. The largest absolute Gasteiger partial charge is 0.308 e. The average Bonchev–Trinajstić information content (AvgIpc) is 2.42. The summed E-state index contributed by atoms with van der Waals surface area (Å²) in [5, 5.41) is 11.8. The minimum atomic E-state index is -0.424. The first-order valence-corrected chi connectivity index (χ1v) is 8.01. The number of halogens is 1. The van der Waals surface area contributed by atoms with E-state index >= 15 is 0 Å². The lowest BCUT2D eigenvalue weighted by atomic mass is 9.75. The molecule has 0 saturated heterocycles. The molecule has 1 aliphatic carbocycles. The van der Waals surface area contributed by atoms with Crippen molar-refractivity contribution in [3.05, 3.63) is 38.3 Å². The highest BCUT2D eigenvalue weighted by Gasteiger charge is 2.32. The lowest BCUT2D eigenvalue weighted by molar-refractivity contribution is -0.386. The lowest BCUT2D eigenvalue weighted by Gasteiger charge is -2.36. The van der Waals surface area contributed by atoms with Gasteiger partial charge in [-0.1, -0.05) is 35.2 Å². The summed E-state index contributed by atoms with van der Waals surface area (Å²) in [7, 11) is 0. The Hall–Kier alpha value is -1.17. The first kappa shape index (κ1) is 15.2. The zero-order valence-corrected chi connectivity index (χ0v) is 13.2. The molecule has 20 heavy (non-hydrogen) atoms. The summed E-state index contributed by atoms with van der Waals surface area (Å²) in [4.78, 5) is 22.7. The van der Waals surface area contributed by atoms with Crippen molar-refractivity contribution in [2.75, 3.05) is 5.33 Å². The topological polar surface area (TPSA) is 65.1 Å². The Labute approximate surface area is 126 Å². The molecule has 1 heterocycles. The minimum Gasteiger partial charge on any atom is -0.308 e. The normalized spacial score (nSPS) is 17.9. The van der Waals surface area contributed by atoms with Crippen LogP contribution in [0.15, 0.2) is 17.1 Å². The Kier molecular flexibility index (Phi) is 4.62. The second-order valence-electron chi connectivity index (χ2n) is 5.76. The fourth-order valence-electron chi connectivity index (χ4n) is 2.97. The summed E-state index contributed by atoms with van der Waals surface area (Å²) in [6.07, 6.45) is 7.08. The van der Waals surface area contributed by atoms with Gasteiger partial charge in [-0.3, -0.25) is 14.9 Å². The Balaban J connectivity index is 2.35. The quantitative estimate of drug-likeness (QED) is 0.478. The second kappa shape index (κ2) is 6.08. The SMILES string of the molecule is Cc1cc(=O)n(CC2(CBr)CCCCC2)cc1[N+](=O)[O-].